The highest BCUT2D eigenvalue weighted by molar-refractivity contribution is 7.22. The molecule has 0 saturated heterocycles. The number of imidazole rings is 1. The fourth-order valence-electron chi connectivity index (χ4n) is 4.22. The van der Waals surface area contributed by atoms with Gasteiger partial charge in [-0.1, -0.05) is 12.1 Å². The van der Waals surface area contributed by atoms with E-state index in [0.29, 0.717) is 23.1 Å². The molecule has 1 aromatic carbocycles. The standard InChI is InChI=1S/C23H24FN5O2S/c1-12-17-20(26-14-9-13(10-14)11-30)27-21(22-25-7-8-29(22)2)28-23(17)32-19(12)15-5-4-6-16(31-3)18(15)24/h4-8,13-14,30H,9-11H2,1-3H3,(H,26,27,28). The van der Waals surface area contributed by atoms with Crippen LogP contribution in [-0.4, -0.2) is 44.4 Å². The lowest BCUT2D eigenvalue weighted by Gasteiger charge is -2.35. The number of anilines is 1. The van der Waals surface area contributed by atoms with E-state index in [1.165, 1.54) is 18.4 Å². The van der Waals surface area contributed by atoms with Gasteiger partial charge in [-0.3, -0.25) is 0 Å². The third-order valence-corrected chi connectivity index (χ3v) is 7.29. The molecule has 0 amide bonds. The highest BCUT2D eigenvalue weighted by atomic mass is 32.1. The van der Waals surface area contributed by atoms with E-state index < -0.39 is 0 Å². The second-order valence-corrected chi connectivity index (χ2v) is 9.18. The van der Waals surface area contributed by atoms with E-state index >= 15 is 4.39 Å². The maximum absolute atomic E-state index is 15.1. The Morgan fingerprint density at radius 3 is 2.81 bits per heavy atom. The number of hydrogen-bond acceptors (Lipinski definition) is 7. The molecular weight excluding hydrogens is 429 g/mol. The second kappa shape index (κ2) is 8.14. The lowest BCUT2D eigenvalue weighted by Crippen LogP contribution is -2.37. The quantitative estimate of drug-likeness (QED) is 0.450. The topological polar surface area (TPSA) is 85.1 Å². The number of aromatic nitrogens is 4. The van der Waals surface area contributed by atoms with Gasteiger partial charge in [-0.2, -0.15) is 0 Å². The molecule has 0 aliphatic heterocycles. The average molecular weight is 454 g/mol. The van der Waals surface area contributed by atoms with Crippen molar-refractivity contribution >= 4 is 27.4 Å². The third kappa shape index (κ3) is 3.41. The van der Waals surface area contributed by atoms with Gasteiger partial charge in [-0.05, 0) is 37.3 Å². The number of methoxy groups -OCH3 is 1. The predicted molar refractivity (Wildman–Crippen MR) is 124 cm³/mol. The summed E-state index contributed by atoms with van der Waals surface area (Å²) in [6.45, 7) is 2.17. The zero-order chi connectivity index (χ0) is 22.4. The van der Waals surface area contributed by atoms with E-state index in [-0.39, 0.29) is 24.2 Å². The first-order chi connectivity index (χ1) is 15.5. The maximum Gasteiger partial charge on any atom is 0.199 e. The molecule has 166 valence electrons. The molecule has 2 N–H and O–H groups in total. The molecule has 32 heavy (non-hydrogen) atoms. The zero-order valence-corrected chi connectivity index (χ0v) is 18.9. The van der Waals surface area contributed by atoms with Crippen LogP contribution >= 0.6 is 11.3 Å². The number of rotatable bonds is 6. The van der Waals surface area contributed by atoms with E-state index in [1.807, 2.05) is 24.7 Å². The van der Waals surface area contributed by atoms with Crippen molar-refractivity contribution in [1.29, 1.82) is 0 Å². The number of nitrogens with one attached hydrogen (secondary N) is 1. The van der Waals surface area contributed by atoms with Crippen LogP contribution in [0.5, 0.6) is 5.75 Å². The molecule has 0 bridgehead atoms. The van der Waals surface area contributed by atoms with Crippen molar-refractivity contribution in [3.8, 4) is 27.8 Å². The van der Waals surface area contributed by atoms with Gasteiger partial charge in [0.15, 0.2) is 23.2 Å². The highest BCUT2D eigenvalue weighted by Crippen LogP contribution is 2.43. The number of fused-ring (bicyclic) bond motifs is 1. The van der Waals surface area contributed by atoms with Crippen molar-refractivity contribution in [3.05, 3.63) is 42.0 Å². The lowest BCUT2D eigenvalue weighted by atomic mass is 9.81. The summed E-state index contributed by atoms with van der Waals surface area (Å²) >= 11 is 1.44. The maximum atomic E-state index is 15.1. The molecule has 4 aromatic rings. The monoisotopic (exact) mass is 453 g/mol. The Kier molecular flexibility index (Phi) is 5.30. The van der Waals surface area contributed by atoms with Gasteiger partial charge >= 0.3 is 0 Å². The van der Waals surface area contributed by atoms with Gasteiger partial charge in [0, 0.05) is 42.5 Å². The minimum atomic E-state index is -0.388. The molecule has 0 atom stereocenters. The molecule has 5 rings (SSSR count). The molecule has 1 fully saturated rings. The molecule has 0 spiro atoms. The fraction of sp³-hybridized carbons (Fsp3) is 0.348. The average Bonchev–Trinajstić information content (AvgIpc) is 3.33. The molecule has 9 heteroatoms. The summed E-state index contributed by atoms with van der Waals surface area (Å²) in [4.78, 5) is 15.6. The smallest absolute Gasteiger partial charge is 0.199 e. The Morgan fingerprint density at radius 1 is 1.31 bits per heavy atom. The predicted octanol–water partition coefficient (Wildman–Crippen LogP) is 4.40. The summed E-state index contributed by atoms with van der Waals surface area (Å²) < 4.78 is 22.1. The molecule has 1 saturated carbocycles. The number of thiophene rings is 1. The fourth-order valence-corrected chi connectivity index (χ4v) is 5.42. The molecule has 0 unspecified atom stereocenters. The van der Waals surface area contributed by atoms with Gasteiger partial charge in [0.1, 0.15) is 10.6 Å². The molecular formula is C23H24FN5O2S. The Bertz CT molecular complexity index is 1300. The van der Waals surface area contributed by atoms with Crippen molar-refractivity contribution < 1.29 is 14.2 Å². The van der Waals surface area contributed by atoms with E-state index in [0.717, 1.165) is 39.3 Å². The van der Waals surface area contributed by atoms with Gasteiger partial charge in [0.25, 0.3) is 0 Å². The molecule has 7 nitrogen and oxygen atoms in total. The molecule has 0 radical (unpaired) electrons. The van der Waals surface area contributed by atoms with Crippen molar-refractivity contribution in [1.82, 2.24) is 19.5 Å². The number of nitrogens with zero attached hydrogens (tertiary/aromatic N) is 4. The Hall–Kier alpha value is -3.04. The van der Waals surface area contributed by atoms with E-state index in [2.05, 4.69) is 10.3 Å². The van der Waals surface area contributed by atoms with Crippen molar-refractivity contribution in [2.24, 2.45) is 13.0 Å². The second-order valence-electron chi connectivity index (χ2n) is 8.18. The summed E-state index contributed by atoms with van der Waals surface area (Å²) in [6, 6.07) is 5.39. The zero-order valence-electron chi connectivity index (χ0n) is 18.1. The van der Waals surface area contributed by atoms with Crippen LogP contribution in [-0.2, 0) is 7.05 Å². The number of benzene rings is 1. The normalized spacial score (nSPS) is 18.0. The van der Waals surface area contributed by atoms with Crippen LogP contribution in [0.4, 0.5) is 10.2 Å². The third-order valence-electron chi connectivity index (χ3n) is 6.07. The minimum Gasteiger partial charge on any atom is -0.494 e. The Labute approximate surface area is 188 Å². The van der Waals surface area contributed by atoms with Crippen LogP contribution in [0, 0.1) is 18.7 Å². The van der Waals surface area contributed by atoms with Crippen LogP contribution in [0.3, 0.4) is 0 Å². The van der Waals surface area contributed by atoms with Crippen molar-refractivity contribution in [3.63, 3.8) is 0 Å². The van der Waals surface area contributed by atoms with E-state index in [9.17, 15) is 5.11 Å². The summed E-state index contributed by atoms with van der Waals surface area (Å²) in [7, 11) is 3.36. The minimum absolute atomic E-state index is 0.201. The van der Waals surface area contributed by atoms with Gasteiger partial charge in [0.2, 0.25) is 0 Å². The number of halogens is 1. The van der Waals surface area contributed by atoms with Crippen molar-refractivity contribution in [2.75, 3.05) is 19.0 Å². The van der Waals surface area contributed by atoms with Gasteiger partial charge in [0.05, 0.1) is 12.5 Å². The number of aliphatic hydroxyl groups excluding tert-OH is 1. The van der Waals surface area contributed by atoms with Crippen LogP contribution in [0.2, 0.25) is 0 Å². The first kappa shape index (κ1) is 20.8. The summed E-state index contributed by atoms with van der Waals surface area (Å²) in [5.74, 6) is 2.05. The first-order valence-corrected chi connectivity index (χ1v) is 11.3. The van der Waals surface area contributed by atoms with Crippen LogP contribution in [0.1, 0.15) is 18.4 Å². The number of ether oxygens (including phenoxy) is 1. The van der Waals surface area contributed by atoms with E-state index in [1.54, 1.807) is 24.4 Å². The summed E-state index contributed by atoms with van der Waals surface area (Å²) in [5.41, 5.74) is 1.41. The number of aryl methyl sites for hydroxylation is 2. The van der Waals surface area contributed by atoms with Crippen LogP contribution in [0.25, 0.3) is 32.3 Å². The van der Waals surface area contributed by atoms with Gasteiger partial charge < -0.3 is 19.7 Å². The Morgan fingerprint density at radius 2 is 2.12 bits per heavy atom. The summed E-state index contributed by atoms with van der Waals surface area (Å²) in [5, 5.41) is 13.8. The van der Waals surface area contributed by atoms with Gasteiger partial charge in [-0.25, -0.2) is 19.3 Å². The Balaban J connectivity index is 1.67. The highest BCUT2D eigenvalue weighted by Gasteiger charge is 2.30. The number of aliphatic hydroxyl groups is 1. The van der Waals surface area contributed by atoms with Crippen LogP contribution < -0.4 is 10.1 Å². The van der Waals surface area contributed by atoms with Gasteiger partial charge in [-0.15, -0.1) is 11.3 Å². The van der Waals surface area contributed by atoms with E-state index in [4.69, 9.17) is 14.7 Å². The SMILES string of the molecule is COc1cccc(-c2sc3nc(-c4nccn4C)nc(NC4CC(CO)C4)c3c2C)c1F. The molecule has 1 aliphatic rings. The lowest BCUT2D eigenvalue weighted by molar-refractivity contribution is 0.151. The van der Waals surface area contributed by atoms with Crippen LogP contribution in [0.15, 0.2) is 30.6 Å². The number of hydrogen-bond donors (Lipinski definition) is 2. The summed E-state index contributed by atoms with van der Waals surface area (Å²) in [6.07, 6.45) is 5.34. The van der Waals surface area contributed by atoms with Crippen molar-refractivity contribution in [2.45, 2.75) is 25.8 Å². The molecule has 1 aliphatic carbocycles. The molecule has 3 aromatic heterocycles. The first-order valence-electron chi connectivity index (χ1n) is 10.5. The largest absolute Gasteiger partial charge is 0.494 e. The molecule has 3 heterocycles.